The predicted molar refractivity (Wildman–Crippen MR) is 165 cm³/mol. The summed E-state index contributed by atoms with van der Waals surface area (Å²) in [7, 11) is -4.55. The number of H-pyrrole nitrogens is 2. The first-order chi connectivity index (χ1) is 20.8. The summed E-state index contributed by atoms with van der Waals surface area (Å²) >= 11 is 13.0. The lowest BCUT2D eigenvalue weighted by atomic mass is 9.98. The Hall–Kier alpha value is -4.26. The number of carbonyl (C=O) groups excluding carboxylic acids is 1. The summed E-state index contributed by atoms with van der Waals surface area (Å²) in [6.07, 6.45) is 0.811. The van der Waals surface area contributed by atoms with Crippen LogP contribution in [0.1, 0.15) is 55.5 Å². The van der Waals surface area contributed by atoms with Crippen LogP contribution in [0.2, 0.25) is 10.0 Å². The summed E-state index contributed by atoms with van der Waals surface area (Å²) < 4.78 is 38.8. The Bertz CT molecular complexity index is 2000. The second kappa shape index (κ2) is 12.0. The number of carboxylic acids is 1. The number of hydrogen-bond donors (Lipinski definition) is 4. The molecule has 230 valence electrons. The maximum absolute atomic E-state index is 13.6. The van der Waals surface area contributed by atoms with E-state index in [-0.39, 0.29) is 5.69 Å². The van der Waals surface area contributed by atoms with E-state index in [1.807, 2.05) is 44.5 Å². The number of amides is 1. The third kappa shape index (κ3) is 5.92. The van der Waals surface area contributed by atoms with Crippen LogP contribution >= 0.6 is 23.2 Å². The minimum absolute atomic E-state index is 0.00547. The van der Waals surface area contributed by atoms with Crippen molar-refractivity contribution in [2.24, 2.45) is 0 Å². The molecule has 0 bridgehead atoms. The van der Waals surface area contributed by atoms with E-state index < -0.39 is 32.8 Å². The third-order valence-corrected chi connectivity index (χ3v) is 9.28. The van der Waals surface area contributed by atoms with E-state index >= 15 is 0 Å². The van der Waals surface area contributed by atoms with Crippen molar-refractivity contribution >= 4 is 56.0 Å². The molecule has 3 aromatic heterocycles. The van der Waals surface area contributed by atoms with Gasteiger partial charge < -0.3 is 19.2 Å². The van der Waals surface area contributed by atoms with Gasteiger partial charge in [-0.2, -0.15) is 13.5 Å². The Morgan fingerprint density at radius 1 is 1.05 bits per heavy atom. The van der Waals surface area contributed by atoms with Gasteiger partial charge in [0.2, 0.25) is 10.9 Å². The van der Waals surface area contributed by atoms with Crippen LogP contribution in [0.4, 0.5) is 0 Å². The van der Waals surface area contributed by atoms with Crippen molar-refractivity contribution in [2.75, 3.05) is 6.61 Å². The normalized spacial score (nSPS) is 11.7. The van der Waals surface area contributed by atoms with Crippen LogP contribution in [0.5, 0.6) is 5.75 Å². The topological polar surface area (TPSA) is 167 Å². The smallest absolute Gasteiger partial charge is 0.371 e. The molecule has 5 rings (SSSR count). The average molecular weight is 660 g/mol. The summed E-state index contributed by atoms with van der Waals surface area (Å²) in [5, 5.41) is 17.4. The number of carbonyl (C=O) groups is 2. The molecule has 3 heterocycles. The summed E-state index contributed by atoms with van der Waals surface area (Å²) in [6.45, 7) is 7.76. The van der Waals surface area contributed by atoms with Crippen molar-refractivity contribution in [2.45, 2.75) is 45.6 Å². The zero-order chi connectivity index (χ0) is 31.9. The van der Waals surface area contributed by atoms with E-state index in [2.05, 4.69) is 15.2 Å². The molecule has 0 aliphatic carbocycles. The number of fused-ring (bicyclic) bond motifs is 1. The molecule has 11 nitrogen and oxygen atoms in total. The highest BCUT2D eigenvalue weighted by Crippen LogP contribution is 2.40. The summed E-state index contributed by atoms with van der Waals surface area (Å²) in [6, 6.07) is 9.13. The molecular formula is C30H28Cl2N4O7S. The molecule has 2 aromatic carbocycles. The van der Waals surface area contributed by atoms with Gasteiger partial charge in [0.25, 0.3) is 15.9 Å². The highest BCUT2D eigenvalue weighted by atomic mass is 35.5. The van der Waals surface area contributed by atoms with Crippen molar-refractivity contribution in [1.82, 2.24) is 19.9 Å². The van der Waals surface area contributed by atoms with Gasteiger partial charge in [-0.25, -0.2) is 9.52 Å². The fourth-order valence-corrected chi connectivity index (χ4v) is 6.40. The molecule has 0 aliphatic rings. The van der Waals surface area contributed by atoms with Crippen molar-refractivity contribution in [3.8, 4) is 16.9 Å². The predicted octanol–water partition coefficient (Wildman–Crippen LogP) is 6.52. The third-order valence-electron chi connectivity index (χ3n) is 7.17. The number of nitrogens with one attached hydrogen (secondary N) is 3. The molecule has 4 N–H and O–H groups in total. The Labute approximate surface area is 262 Å². The average Bonchev–Trinajstić information content (AvgIpc) is 3.68. The van der Waals surface area contributed by atoms with E-state index in [4.69, 9.17) is 37.5 Å². The zero-order valence-corrected chi connectivity index (χ0v) is 26.4. The second-order valence-corrected chi connectivity index (χ2v) is 12.7. The standard InChI is InChI=1S/C30H28Cl2N4O7S/c1-14-12-18(13-15(2)26(14)32)42-11-5-6-19-20-7-8-21(31)25(24-16(3)34-35-17(24)4)27(20)33-28(19)29(37)36-44(40,41)23-10-9-22(43-23)30(38)39/h7-10,12-13,33H,5-6,11H2,1-4H3,(H,34,35)(H,36,37)(H,38,39). The Balaban J connectivity index is 1.52. The molecule has 0 saturated heterocycles. The molecule has 44 heavy (non-hydrogen) atoms. The fourth-order valence-electron chi connectivity index (χ4n) is 5.14. The molecule has 14 heteroatoms. The van der Waals surface area contributed by atoms with E-state index in [1.54, 1.807) is 12.1 Å². The molecule has 0 atom stereocenters. The molecule has 0 radical (unpaired) electrons. The molecule has 0 aliphatic heterocycles. The first kappa shape index (κ1) is 31.2. The van der Waals surface area contributed by atoms with Crippen LogP contribution in [0, 0.1) is 27.7 Å². The molecule has 5 aromatic rings. The molecular weight excluding hydrogens is 631 g/mol. The first-order valence-electron chi connectivity index (χ1n) is 13.4. The zero-order valence-electron chi connectivity index (χ0n) is 24.1. The van der Waals surface area contributed by atoms with Crippen molar-refractivity contribution in [1.29, 1.82) is 0 Å². The summed E-state index contributed by atoms with van der Waals surface area (Å²) in [4.78, 5) is 27.9. The first-order valence-corrected chi connectivity index (χ1v) is 15.7. The number of halogens is 2. The Morgan fingerprint density at radius 2 is 1.75 bits per heavy atom. The highest BCUT2D eigenvalue weighted by molar-refractivity contribution is 7.90. The quantitative estimate of drug-likeness (QED) is 0.123. The van der Waals surface area contributed by atoms with Crippen LogP contribution in [0.15, 0.2) is 45.9 Å². The minimum Gasteiger partial charge on any atom is -0.494 e. The monoisotopic (exact) mass is 658 g/mol. The number of rotatable bonds is 10. The number of furan rings is 1. The van der Waals surface area contributed by atoms with E-state index in [0.717, 1.165) is 34.5 Å². The number of ether oxygens (including phenoxy) is 1. The Morgan fingerprint density at radius 3 is 2.36 bits per heavy atom. The van der Waals surface area contributed by atoms with Crippen LogP contribution in [-0.4, -0.2) is 47.2 Å². The van der Waals surface area contributed by atoms with Crippen molar-refractivity contribution < 1.29 is 32.3 Å². The number of sulfonamides is 1. The van der Waals surface area contributed by atoms with Gasteiger partial charge in [-0.1, -0.05) is 29.3 Å². The van der Waals surface area contributed by atoms with Gasteiger partial charge in [0.15, 0.2) is 0 Å². The van der Waals surface area contributed by atoms with Gasteiger partial charge >= 0.3 is 5.97 Å². The number of carboxylic acid groups (broad SMARTS) is 1. The lowest BCUT2D eigenvalue weighted by Gasteiger charge is -2.11. The largest absolute Gasteiger partial charge is 0.494 e. The SMILES string of the molecule is Cc1cc(OCCCc2c(C(=O)NS(=O)(=O)c3ccc(C(=O)O)o3)[nH]c3c(-c4c(C)n[nH]c4C)c(Cl)ccc23)cc(C)c1Cl. The molecule has 0 fully saturated rings. The maximum atomic E-state index is 13.6. The number of hydrogen-bond acceptors (Lipinski definition) is 7. The van der Waals surface area contributed by atoms with Gasteiger partial charge in [-0.05, 0) is 87.6 Å². The van der Waals surface area contributed by atoms with Gasteiger partial charge in [-0.3, -0.25) is 9.89 Å². The number of aromatic amines is 2. The molecule has 0 spiro atoms. The maximum Gasteiger partial charge on any atom is 0.371 e. The fraction of sp³-hybridized carbons (Fsp3) is 0.233. The van der Waals surface area contributed by atoms with E-state index in [0.29, 0.717) is 63.0 Å². The summed E-state index contributed by atoms with van der Waals surface area (Å²) in [5.41, 5.74) is 5.65. The number of nitrogens with zero attached hydrogens (tertiary/aromatic N) is 1. The van der Waals surface area contributed by atoms with Gasteiger partial charge in [0.05, 0.1) is 22.8 Å². The van der Waals surface area contributed by atoms with Crippen molar-refractivity contribution in [3.05, 3.63) is 86.0 Å². The van der Waals surface area contributed by atoms with E-state index in [9.17, 15) is 18.0 Å². The number of aromatic carboxylic acids is 1. The van der Waals surface area contributed by atoms with Gasteiger partial charge in [-0.15, -0.1) is 0 Å². The van der Waals surface area contributed by atoms with Gasteiger partial charge in [0, 0.05) is 27.2 Å². The van der Waals surface area contributed by atoms with Crippen molar-refractivity contribution in [3.63, 3.8) is 0 Å². The number of aromatic nitrogens is 3. The van der Waals surface area contributed by atoms with Crippen LogP contribution in [0.25, 0.3) is 22.0 Å². The second-order valence-electron chi connectivity index (χ2n) is 10.3. The highest BCUT2D eigenvalue weighted by Gasteiger charge is 2.28. The minimum atomic E-state index is -4.55. The van der Waals surface area contributed by atoms with Gasteiger partial charge in [0.1, 0.15) is 11.4 Å². The molecule has 0 unspecified atom stereocenters. The molecule has 1 amide bonds. The van der Waals surface area contributed by atoms with Crippen LogP contribution in [0.3, 0.4) is 0 Å². The number of benzene rings is 2. The number of aryl methyl sites for hydroxylation is 5. The van der Waals surface area contributed by atoms with E-state index in [1.165, 1.54) is 0 Å². The lowest BCUT2D eigenvalue weighted by molar-refractivity contribution is 0.0656. The molecule has 0 saturated carbocycles. The van der Waals surface area contributed by atoms with Crippen LogP contribution in [-0.2, 0) is 16.4 Å². The Kier molecular flexibility index (Phi) is 8.52. The summed E-state index contributed by atoms with van der Waals surface area (Å²) in [5.74, 6) is -2.33. The lowest BCUT2D eigenvalue weighted by Crippen LogP contribution is -2.31. The van der Waals surface area contributed by atoms with Crippen LogP contribution < -0.4 is 9.46 Å².